The van der Waals surface area contributed by atoms with Gasteiger partial charge in [-0.1, -0.05) is 0 Å². The monoisotopic (exact) mass is 350 g/mol. The molecule has 0 bridgehead atoms. The van der Waals surface area contributed by atoms with Crippen molar-refractivity contribution in [1.82, 2.24) is 9.80 Å². The molecule has 0 aromatic heterocycles. The minimum atomic E-state index is -1.56. The molecule has 0 amide bonds. The fourth-order valence-corrected chi connectivity index (χ4v) is 1.99. The molecule has 1 aliphatic rings. The van der Waals surface area contributed by atoms with E-state index >= 15 is 0 Å². The van der Waals surface area contributed by atoms with Gasteiger partial charge in [0.15, 0.2) is 23.4 Å². The van der Waals surface area contributed by atoms with Gasteiger partial charge in [0.1, 0.15) is 0 Å². The van der Waals surface area contributed by atoms with E-state index < -0.39 is 17.5 Å². The number of piperazine rings is 1. The summed E-state index contributed by atoms with van der Waals surface area (Å²) in [5, 5.41) is 0. The number of aliphatic imine (C=N–C) groups is 2. The van der Waals surface area contributed by atoms with E-state index in [9.17, 15) is 13.2 Å². The van der Waals surface area contributed by atoms with E-state index in [2.05, 4.69) is 14.9 Å². The SMILES string of the molecule is CN1CCN(C(N)=NC(N)=Nc2cc(F)c(F)c(F)c2)CC1.Cl. The van der Waals surface area contributed by atoms with Crippen LogP contribution in [0.5, 0.6) is 0 Å². The molecule has 23 heavy (non-hydrogen) atoms. The highest BCUT2D eigenvalue weighted by atomic mass is 35.5. The highest BCUT2D eigenvalue weighted by Gasteiger charge is 2.15. The summed E-state index contributed by atoms with van der Waals surface area (Å²) >= 11 is 0. The predicted octanol–water partition coefficient (Wildman–Crippen LogP) is 1.03. The van der Waals surface area contributed by atoms with Crippen molar-refractivity contribution in [2.45, 2.75) is 0 Å². The Hall–Kier alpha value is -2.00. The summed E-state index contributed by atoms with van der Waals surface area (Å²) in [6.07, 6.45) is 0. The Morgan fingerprint density at radius 2 is 1.57 bits per heavy atom. The van der Waals surface area contributed by atoms with Crippen LogP contribution >= 0.6 is 12.4 Å². The Bertz CT molecular complexity index is 591. The summed E-state index contributed by atoms with van der Waals surface area (Å²) in [4.78, 5) is 11.6. The molecule has 0 atom stereocenters. The maximum atomic E-state index is 13.1. The van der Waals surface area contributed by atoms with Gasteiger partial charge in [-0.05, 0) is 7.05 Å². The van der Waals surface area contributed by atoms with Gasteiger partial charge >= 0.3 is 0 Å². The predicted molar refractivity (Wildman–Crippen MR) is 85.5 cm³/mol. The van der Waals surface area contributed by atoms with Gasteiger partial charge in [0.25, 0.3) is 0 Å². The quantitative estimate of drug-likeness (QED) is 0.450. The van der Waals surface area contributed by atoms with Crippen molar-refractivity contribution >= 4 is 30.0 Å². The average molecular weight is 351 g/mol. The van der Waals surface area contributed by atoms with Crippen LogP contribution in [0.3, 0.4) is 0 Å². The lowest BCUT2D eigenvalue weighted by Crippen LogP contribution is -2.50. The number of halogens is 4. The van der Waals surface area contributed by atoms with Crippen molar-refractivity contribution in [3.8, 4) is 0 Å². The summed E-state index contributed by atoms with van der Waals surface area (Å²) < 4.78 is 39.0. The molecule has 4 N–H and O–H groups in total. The molecule has 10 heteroatoms. The number of nitrogens with zero attached hydrogens (tertiary/aromatic N) is 4. The average Bonchev–Trinajstić information content (AvgIpc) is 2.45. The Kier molecular flexibility index (Phi) is 6.64. The fourth-order valence-electron chi connectivity index (χ4n) is 1.99. The van der Waals surface area contributed by atoms with Crippen LogP contribution < -0.4 is 11.5 Å². The first-order chi connectivity index (χ1) is 10.4. The number of likely N-dealkylation sites (N-methyl/N-ethyl adjacent to an activating group) is 1. The number of hydrogen-bond donors (Lipinski definition) is 2. The first-order valence-corrected chi connectivity index (χ1v) is 6.63. The Balaban J connectivity index is 0.00000264. The third kappa shape index (κ3) is 5.00. The first kappa shape index (κ1) is 19.0. The van der Waals surface area contributed by atoms with Crippen molar-refractivity contribution < 1.29 is 13.2 Å². The molecule has 2 rings (SSSR count). The smallest absolute Gasteiger partial charge is 0.223 e. The molecule has 0 radical (unpaired) electrons. The minimum Gasteiger partial charge on any atom is -0.369 e. The Morgan fingerprint density at radius 1 is 1.04 bits per heavy atom. The lowest BCUT2D eigenvalue weighted by Gasteiger charge is -2.32. The van der Waals surface area contributed by atoms with Gasteiger partial charge in [-0.2, -0.15) is 4.99 Å². The largest absolute Gasteiger partial charge is 0.369 e. The van der Waals surface area contributed by atoms with Crippen molar-refractivity contribution in [2.24, 2.45) is 21.5 Å². The van der Waals surface area contributed by atoms with Gasteiger partial charge in [-0.15, -0.1) is 12.4 Å². The summed E-state index contributed by atoms with van der Waals surface area (Å²) in [5.74, 6) is -4.33. The molecule has 1 fully saturated rings. The van der Waals surface area contributed by atoms with Crippen LogP contribution in [-0.4, -0.2) is 54.9 Å². The van der Waals surface area contributed by atoms with Gasteiger partial charge in [-0.3, -0.25) is 0 Å². The van der Waals surface area contributed by atoms with Crippen molar-refractivity contribution in [3.63, 3.8) is 0 Å². The summed E-state index contributed by atoms with van der Waals surface area (Å²) in [7, 11) is 2.00. The van der Waals surface area contributed by atoms with Crippen LogP contribution in [0.25, 0.3) is 0 Å². The molecule has 1 aliphatic heterocycles. The van der Waals surface area contributed by atoms with Crippen LogP contribution in [0.1, 0.15) is 0 Å². The zero-order valence-electron chi connectivity index (χ0n) is 12.5. The standard InChI is InChI=1S/C13H17F3N6.ClH/c1-21-2-4-22(5-3-21)13(18)20-12(17)19-8-6-9(14)11(16)10(15)7-8;/h6-7H,2-5H2,1H3,(H4,17,18,19,20);1H. The van der Waals surface area contributed by atoms with Crippen LogP contribution in [0.4, 0.5) is 18.9 Å². The van der Waals surface area contributed by atoms with Crippen LogP contribution in [-0.2, 0) is 0 Å². The zero-order valence-corrected chi connectivity index (χ0v) is 13.3. The van der Waals surface area contributed by atoms with Gasteiger partial charge in [0, 0.05) is 38.3 Å². The number of benzene rings is 1. The van der Waals surface area contributed by atoms with Crippen LogP contribution in [0.2, 0.25) is 0 Å². The second kappa shape index (κ2) is 8.02. The second-order valence-corrected chi connectivity index (χ2v) is 4.95. The lowest BCUT2D eigenvalue weighted by atomic mass is 10.3. The van der Waals surface area contributed by atoms with E-state index in [0.29, 0.717) is 13.1 Å². The summed E-state index contributed by atoms with van der Waals surface area (Å²) in [6.45, 7) is 3.06. The van der Waals surface area contributed by atoms with Gasteiger partial charge in [0.2, 0.25) is 5.96 Å². The topological polar surface area (TPSA) is 83.2 Å². The van der Waals surface area contributed by atoms with Crippen LogP contribution in [0.15, 0.2) is 22.1 Å². The fraction of sp³-hybridized carbons (Fsp3) is 0.385. The maximum absolute atomic E-state index is 13.1. The first-order valence-electron chi connectivity index (χ1n) is 6.63. The maximum Gasteiger partial charge on any atom is 0.223 e. The molecule has 0 unspecified atom stereocenters. The Labute approximate surface area is 138 Å². The molecule has 1 aromatic carbocycles. The molecule has 0 aliphatic carbocycles. The number of nitrogens with two attached hydrogens (primary N) is 2. The van der Waals surface area contributed by atoms with Crippen molar-refractivity contribution in [3.05, 3.63) is 29.6 Å². The number of guanidine groups is 2. The van der Waals surface area contributed by atoms with E-state index in [1.54, 1.807) is 0 Å². The van der Waals surface area contributed by atoms with Gasteiger partial charge in [-0.25, -0.2) is 18.2 Å². The van der Waals surface area contributed by atoms with E-state index in [1.807, 2.05) is 11.9 Å². The highest BCUT2D eigenvalue weighted by molar-refractivity contribution is 5.94. The van der Waals surface area contributed by atoms with Crippen molar-refractivity contribution in [1.29, 1.82) is 0 Å². The summed E-state index contributed by atoms with van der Waals surface area (Å²) in [5.41, 5.74) is 11.2. The number of hydrogen-bond acceptors (Lipinski definition) is 2. The van der Waals surface area contributed by atoms with Gasteiger partial charge < -0.3 is 21.3 Å². The molecule has 1 heterocycles. The van der Waals surface area contributed by atoms with E-state index in [-0.39, 0.29) is 30.0 Å². The lowest BCUT2D eigenvalue weighted by molar-refractivity contribution is 0.214. The second-order valence-electron chi connectivity index (χ2n) is 4.95. The van der Waals surface area contributed by atoms with Crippen LogP contribution in [0, 0.1) is 17.5 Å². The molecule has 0 saturated carbocycles. The molecule has 128 valence electrons. The molecule has 1 aromatic rings. The molecule has 6 nitrogen and oxygen atoms in total. The highest BCUT2D eigenvalue weighted by Crippen LogP contribution is 2.19. The molecule has 0 spiro atoms. The minimum absolute atomic E-state index is 0. The molecular weight excluding hydrogens is 333 g/mol. The van der Waals surface area contributed by atoms with E-state index in [0.717, 1.165) is 25.2 Å². The van der Waals surface area contributed by atoms with E-state index in [1.165, 1.54) is 0 Å². The third-order valence-corrected chi connectivity index (χ3v) is 3.27. The molecule has 1 saturated heterocycles. The summed E-state index contributed by atoms with van der Waals surface area (Å²) in [6, 6.07) is 1.46. The van der Waals surface area contributed by atoms with Gasteiger partial charge in [0.05, 0.1) is 5.69 Å². The Morgan fingerprint density at radius 3 is 2.09 bits per heavy atom. The third-order valence-electron chi connectivity index (χ3n) is 3.27. The number of rotatable bonds is 1. The zero-order chi connectivity index (χ0) is 16.3. The molecular formula is C13H18ClF3N6. The van der Waals surface area contributed by atoms with E-state index in [4.69, 9.17) is 11.5 Å². The van der Waals surface area contributed by atoms with Crippen molar-refractivity contribution in [2.75, 3.05) is 33.2 Å². The normalized spacial score (nSPS) is 17.1.